The summed E-state index contributed by atoms with van der Waals surface area (Å²) in [6.45, 7) is 6.14. The third-order valence-electron chi connectivity index (χ3n) is 3.05. The molecule has 0 atom stereocenters. The highest BCUT2D eigenvalue weighted by atomic mass is 35.5. The highest BCUT2D eigenvalue weighted by molar-refractivity contribution is 7.21. The standard InChI is InChI=1S/C13H12ClN3S/c1-7-4-5-8(2)17(7)13-16-10-6-15-12(14)9(3)11(10)18-13/h4-6H,1-3H3. The Hall–Kier alpha value is -1.39. The van der Waals surface area contributed by atoms with Gasteiger partial charge in [-0.05, 0) is 32.9 Å². The summed E-state index contributed by atoms with van der Waals surface area (Å²) in [4.78, 5) is 8.79. The molecule has 3 aromatic rings. The Morgan fingerprint density at radius 1 is 1.17 bits per heavy atom. The van der Waals surface area contributed by atoms with E-state index in [-0.39, 0.29) is 0 Å². The summed E-state index contributed by atoms with van der Waals surface area (Å²) in [6.07, 6.45) is 1.73. The molecule has 3 aromatic heterocycles. The van der Waals surface area contributed by atoms with Crippen molar-refractivity contribution in [2.45, 2.75) is 20.8 Å². The molecule has 0 aliphatic rings. The zero-order valence-corrected chi connectivity index (χ0v) is 11.9. The first-order chi connectivity index (χ1) is 8.58. The smallest absolute Gasteiger partial charge is 0.195 e. The predicted molar refractivity (Wildman–Crippen MR) is 76.0 cm³/mol. The molecule has 92 valence electrons. The van der Waals surface area contributed by atoms with E-state index in [9.17, 15) is 0 Å². The van der Waals surface area contributed by atoms with Gasteiger partial charge in [-0.3, -0.25) is 4.57 Å². The van der Waals surface area contributed by atoms with E-state index in [0.717, 1.165) is 20.9 Å². The van der Waals surface area contributed by atoms with Crippen molar-refractivity contribution in [3.63, 3.8) is 0 Å². The van der Waals surface area contributed by atoms with Crippen LogP contribution in [0, 0.1) is 20.8 Å². The average Bonchev–Trinajstić information content (AvgIpc) is 2.88. The second kappa shape index (κ2) is 4.07. The van der Waals surface area contributed by atoms with E-state index in [2.05, 4.69) is 40.5 Å². The number of thiazole rings is 1. The lowest BCUT2D eigenvalue weighted by Gasteiger charge is -2.03. The highest BCUT2D eigenvalue weighted by Gasteiger charge is 2.12. The van der Waals surface area contributed by atoms with Crippen molar-refractivity contribution in [1.29, 1.82) is 0 Å². The minimum atomic E-state index is 0.554. The van der Waals surface area contributed by atoms with E-state index >= 15 is 0 Å². The molecule has 0 saturated heterocycles. The minimum Gasteiger partial charge on any atom is -0.295 e. The Labute approximate surface area is 114 Å². The number of hydrogen-bond acceptors (Lipinski definition) is 3. The first-order valence-corrected chi connectivity index (χ1v) is 6.84. The van der Waals surface area contributed by atoms with Crippen LogP contribution in [0.4, 0.5) is 0 Å². The summed E-state index contributed by atoms with van der Waals surface area (Å²) >= 11 is 7.70. The molecule has 5 heteroatoms. The van der Waals surface area contributed by atoms with Gasteiger partial charge in [0.25, 0.3) is 0 Å². The second-order valence-corrected chi connectivity index (χ2v) is 5.67. The van der Waals surface area contributed by atoms with E-state index < -0.39 is 0 Å². The summed E-state index contributed by atoms with van der Waals surface area (Å²) < 4.78 is 3.26. The van der Waals surface area contributed by atoms with Crippen LogP contribution in [0.3, 0.4) is 0 Å². The fourth-order valence-corrected chi connectivity index (χ4v) is 3.41. The normalized spacial score (nSPS) is 11.3. The number of halogens is 1. The van der Waals surface area contributed by atoms with E-state index in [1.54, 1.807) is 17.5 Å². The van der Waals surface area contributed by atoms with Crippen LogP contribution in [0.1, 0.15) is 17.0 Å². The van der Waals surface area contributed by atoms with Crippen LogP contribution in [0.15, 0.2) is 18.3 Å². The van der Waals surface area contributed by atoms with Crippen molar-refractivity contribution in [2.75, 3.05) is 0 Å². The molecule has 0 aliphatic carbocycles. The van der Waals surface area contributed by atoms with Crippen LogP contribution < -0.4 is 0 Å². The fourth-order valence-electron chi connectivity index (χ4n) is 2.05. The highest BCUT2D eigenvalue weighted by Crippen LogP contribution is 2.31. The SMILES string of the molecule is Cc1c(Cl)ncc2nc(-n3c(C)ccc3C)sc12. The summed E-state index contributed by atoms with van der Waals surface area (Å²) in [7, 11) is 0. The van der Waals surface area contributed by atoms with Gasteiger partial charge < -0.3 is 0 Å². The molecule has 0 radical (unpaired) electrons. The van der Waals surface area contributed by atoms with E-state index in [4.69, 9.17) is 11.6 Å². The molecule has 3 rings (SSSR count). The number of hydrogen-bond donors (Lipinski definition) is 0. The number of aromatic nitrogens is 3. The number of nitrogens with zero attached hydrogens (tertiary/aromatic N) is 3. The van der Waals surface area contributed by atoms with Gasteiger partial charge in [0.2, 0.25) is 0 Å². The molecule has 0 aromatic carbocycles. The quantitative estimate of drug-likeness (QED) is 0.628. The van der Waals surface area contributed by atoms with E-state index in [1.165, 1.54) is 11.4 Å². The molecule has 0 amide bonds. The summed E-state index contributed by atoms with van der Waals surface area (Å²) in [6, 6.07) is 4.19. The Balaban J connectivity index is 2.29. The van der Waals surface area contributed by atoms with Crippen LogP contribution in [0.2, 0.25) is 5.15 Å². The Kier molecular flexibility index (Phi) is 2.64. The first kappa shape index (κ1) is 11.7. The lowest BCUT2D eigenvalue weighted by molar-refractivity contribution is 0.955. The average molecular weight is 278 g/mol. The lowest BCUT2D eigenvalue weighted by atomic mass is 10.3. The van der Waals surface area contributed by atoms with Gasteiger partial charge in [-0.2, -0.15) is 0 Å². The second-order valence-electron chi connectivity index (χ2n) is 4.34. The maximum absolute atomic E-state index is 6.05. The van der Waals surface area contributed by atoms with Gasteiger partial charge in [0, 0.05) is 17.0 Å². The van der Waals surface area contributed by atoms with Crippen LogP contribution in [0.25, 0.3) is 15.3 Å². The van der Waals surface area contributed by atoms with Gasteiger partial charge >= 0.3 is 0 Å². The Morgan fingerprint density at radius 2 is 1.83 bits per heavy atom. The molecule has 0 unspecified atom stereocenters. The van der Waals surface area contributed by atoms with Crippen molar-refractivity contribution >= 4 is 33.2 Å². The van der Waals surface area contributed by atoms with Crippen LogP contribution in [-0.2, 0) is 0 Å². The zero-order valence-electron chi connectivity index (χ0n) is 10.4. The van der Waals surface area contributed by atoms with Crippen LogP contribution in [-0.4, -0.2) is 14.5 Å². The van der Waals surface area contributed by atoms with Crippen molar-refractivity contribution in [3.05, 3.63) is 40.4 Å². The van der Waals surface area contributed by atoms with Crippen molar-refractivity contribution in [3.8, 4) is 5.13 Å². The lowest BCUT2D eigenvalue weighted by Crippen LogP contribution is -1.97. The maximum atomic E-state index is 6.05. The molecule has 18 heavy (non-hydrogen) atoms. The first-order valence-electron chi connectivity index (χ1n) is 5.65. The summed E-state index contributed by atoms with van der Waals surface area (Å²) in [5, 5.41) is 1.52. The summed E-state index contributed by atoms with van der Waals surface area (Å²) in [5.74, 6) is 0. The van der Waals surface area contributed by atoms with Crippen molar-refractivity contribution in [2.24, 2.45) is 0 Å². The molecule has 0 bridgehead atoms. The molecule has 0 spiro atoms. The number of rotatable bonds is 1. The molecule has 3 nitrogen and oxygen atoms in total. The van der Waals surface area contributed by atoms with Crippen molar-refractivity contribution in [1.82, 2.24) is 14.5 Å². The van der Waals surface area contributed by atoms with Gasteiger partial charge in [0.15, 0.2) is 5.13 Å². The van der Waals surface area contributed by atoms with Crippen LogP contribution in [0.5, 0.6) is 0 Å². The van der Waals surface area contributed by atoms with Gasteiger partial charge in [-0.1, -0.05) is 22.9 Å². The van der Waals surface area contributed by atoms with Crippen molar-refractivity contribution < 1.29 is 0 Å². The molecular formula is C13H12ClN3S. The molecule has 0 N–H and O–H groups in total. The maximum Gasteiger partial charge on any atom is 0.195 e. The molecule has 0 aliphatic heterocycles. The van der Waals surface area contributed by atoms with Gasteiger partial charge in [0.1, 0.15) is 10.7 Å². The van der Waals surface area contributed by atoms with Gasteiger partial charge in [-0.25, -0.2) is 9.97 Å². The number of pyridine rings is 1. The van der Waals surface area contributed by atoms with E-state index in [1.807, 2.05) is 6.92 Å². The zero-order chi connectivity index (χ0) is 12.9. The molecule has 3 heterocycles. The molecule has 0 saturated carbocycles. The summed E-state index contributed by atoms with van der Waals surface area (Å²) in [5.41, 5.74) is 4.27. The predicted octanol–water partition coefficient (Wildman–Crippen LogP) is 4.06. The monoisotopic (exact) mass is 277 g/mol. The number of aryl methyl sites for hydroxylation is 3. The van der Waals surface area contributed by atoms with Gasteiger partial charge in [0.05, 0.1) is 10.9 Å². The Morgan fingerprint density at radius 3 is 2.50 bits per heavy atom. The topological polar surface area (TPSA) is 30.7 Å². The molecule has 0 fully saturated rings. The fraction of sp³-hybridized carbons (Fsp3) is 0.231. The third kappa shape index (κ3) is 1.64. The minimum absolute atomic E-state index is 0.554. The molecular weight excluding hydrogens is 266 g/mol. The van der Waals surface area contributed by atoms with Crippen LogP contribution >= 0.6 is 22.9 Å². The third-order valence-corrected chi connectivity index (χ3v) is 4.61. The van der Waals surface area contributed by atoms with E-state index in [0.29, 0.717) is 5.15 Å². The largest absolute Gasteiger partial charge is 0.295 e. The number of fused-ring (bicyclic) bond motifs is 1. The Bertz CT molecular complexity index is 723. The van der Waals surface area contributed by atoms with Gasteiger partial charge in [-0.15, -0.1) is 0 Å².